The maximum atomic E-state index is 11.8. The molecule has 1 unspecified atom stereocenters. The molecule has 0 saturated carbocycles. The van der Waals surface area contributed by atoms with Crippen molar-refractivity contribution in [3.05, 3.63) is 28.8 Å². The van der Waals surface area contributed by atoms with Crippen LogP contribution in [0.15, 0.2) is 12.1 Å². The molecule has 0 spiro atoms. The second-order valence-corrected chi connectivity index (χ2v) is 4.68. The summed E-state index contributed by atoms with van der Waals surface area (Å²) in [6.45, 7) is 1.98. The first-order chi connectivity index (χ1) is 9.19. The fourth-order valence-corrected chi connectivity index (χ4v) is 2.65. The highest BCUT2D eigenvalue weighted by Gasteiger charge is 2.28. The van der Waals surface area contributed by atoms with Crippen LogP contribution in [-0.4, -0.2) is 24.8 Å². The lowest BCUT2D eigenvalue weighted by atomic mass is 9.86. The lowest BCUT2D eigenvalue weighted by Crippen LogP contribution is -2.19. The number of aryl methyl sites for hydroxylation is 1. The Hall–Kier alpha value is -1.55. The largest absolute Gasteiger partial charge is 0.496 e. The number of rotatable bonds is 4. The standard InChI is InChI=1S/C15H20O4/c1-3-19-15(17)14(16)13-11-7-5-4-6-10(11)8-9-12(13)18-2/h8-9,14,16H,3-7H2,1-2H3. The van der Waals surface area contributed by atoms with Gasteiger partial charge >= 0.3 is 5.97 Å². The van der Waals surface area contributed by atoms with Crippen molar-refractivity contribution in [1.82, 2.24) is 0 Å². The summed E-state index contributed by atoms with van der Waals surface area (Å²) in [5.74, 6) is -0.0547. The molecular formula is C15H20O4. The third kappa shape index (κ3) is 2.73. The van der Waals surface area contributed by atoms with Gasteiger partial charge in [0.05, 0.1) is 13.7 Å². The van der Waals surface area contributed by atoms with Crippen LogP contribution in [0.25, 0.3) is 0 Å². The molecule has 0 bridgehead atoms. The zero-order chi connectivity index (χ0) is 13.8. The Bertz CT molecular complexity index is 467. The fourth-order valence-electron chi connectivity index (χ4n) is 2.65. The molecule has 19 heavy (non-hydrogen) atoms. The molecule has 2 rings (SSSR count). The van der Waals surface area contributed by atoms with Crippen molar-refractivity contribution < 1.29 is 19.4 Å². The van der Waals surface area contributed by atoms with Crippen molar-refractivity contribution >= 4 is 5.97 Å². The average Bonchev–Trinajstić information content (AvgIpc) is 2.45. The van der Waals surface area contributed by atoms with E-state index >= 15 is 0 Å². The van der Waals surface area contributed by atoms with Gasteiger partial charge in [0.1, 0.15) is 5.75 Å². The molecule has 0 heterocycles. The van der Waals surface area contributed by atoms with Crippen molar-refractivity contribution in [3.8, 4) is 5.75 Å². The molecular weight excluding hydrogens is 244 g/mol. The molecule has 0 radical (unpaired) electrons. The summed E-state index contributed by atoms with van der Waals surface area (Å²) < 4.78 is 10.2. The Kier molecular flexibility index (Phi) is 4.43. The van der Waals surface area contributed by atoms with E-state index in [1.807, 2.05) is 12.1 Å². The van der Waals surface area contributed by atoms with Gasteiger partial charge in [-0.1, -0.05) is 6.07 Å². The summed E-state index contributed by atoms with van der Waals surface area (Å²) >= 11 is 0. The van der Waals surface area contributed by atoms with Crippen LogP contribution < -0.4 is 4.74 Å². The number of esters is 1. The molecule has 1 aromatic rings. The van der Waals surface area contributed by atoms with Crippen molar-refractivity contribution in [1.29, 1.82) is 0 Å². The minimum absolute atomic E-state index is 0.257. The predicted octanol–water partition coefficient (Wildman–Crippen LogP) is 2.17. The van der Waals surface area contributed by atoms with E-state index in [1.165, 1.54) is 5.56 Å². The van der Waals surface area contributed by atoms with Gasteiger partial charge in [-0.3, -0.25) is 0 Å². The first kappa shape index (κ1) is 13.9. The number of carbonyl (C=O) groups is 1. The van der Waals surface area contributed by atoms with Gasteiger partial charge in [0, 0.05) is 5.56 Å². The van der Waals surface area contributed by atoms with Crippen LogP contribution in [0.3, 0.4) is 0 Å². The first-order valence-corrected chi connectivity index (χ1v) is 6.72. The van der Waals surface area contributed by atoms with Gasteiger partial charge in [-0.25, -0.2) is 4.79 Å². The van der Waals surface area contributed by atoms with E-state index in [1.54, 1.807) is 14.0 Å². The van der Waals surface area contributed by atoms with Crippen molar-refractivity contribution in [2.24, 2.45) is 0 Å². The number of benzene rings is 1. The highest BCUT2D eigenvalue weighted by molar-refractivity contribution is 5.78. The van der Waals surface area contributed by atoms with Crippen molar-refractivity contribution in [2.45, 2.75) is 38.7 Å². The highest BCUT2D eigenvalue weighted by Crippen LogP contribution is 2.35. The predicted molar refractivity (Wildman–Crippen MR) is 71.2 cm³/mol. The summed E-state index contributed by atoms with van der Waals surface area (Å²) in [7, 11) is 1.55. The summed E-state index contributed by atoms with van der Waals surface area (Å²) in [5, 5.41) is 10.2. The molecule has 1 aromatic carbocycles. The van der Waals surface area contributed by atoms with E-state index < -0.39 is 12.1 Å². The van der Waals surface area contributed by atoms with E-state index in [2.05, 4.69) is 0 Å². The van der Waals surface area contributed by atoms with E-state index in [-0.39, 0.29) is 6.61 Å². The van der Waals surface area contributed by atoms with Crippen molar-refractivity contribution in [3.63, 3.8) is 0 Å². The molecule has 1 N–H and O–H groups in total. The molecule has 0 amide bonds. The molecule has 0 aliphatic heterocycles. The summed E-state index contributed by atoms with van der Waals surface area (Å²) in [4.78, 5) is 11.8. The Balaban J connectivity index is 2.43. The quantitative estimate of drug-likeness (QED) is 0.847. The summed E-state index contributed by atoms with van der Waals surface area (Å²) in [6.07, 6.45) is 2.82. The normalized spacial score (nSPS) is 15.5. The lowest BCUT2D eigenvalue weighted by Gasteiger charge is -2.23. The molecule has 104 valence electrons. The van der Waals surface area contributed by atoms with Crippen LogP contribution in [0, 0.1) is 0 Å². The minimum atomic E-state index is -1.26. The molecule has 1 aliphatic rings. The molecule has 4 heteroatoms. The average molecular weight is 264 g/mol. The monoisotopic (exact) mass is 264 g/mol. The second kappa shape index (κ2) is 6.06. The number of hydrogen-bond donors (Lipinski definition) is 1. The Morgan fingerprint density at radius 2 is 2.11 bits per heavy atom. The highest BCUT2D eigenvalue weighted by atomic mass is 16.5. The summed E-state index contributed by atoms with van der Waals surface area (Å²) in [5.41, 5.74) is 2.83. The third-order valence-electron chi connectivity index (χ3n) is 3.54. The van der Waals surface area contributed by atoms with Crippen molar-refractivity contribution in [2.75, 3.05) is 13.7 Å². The number of fused-ring (bicyclic) bond motifs is 1. The van der Waals surface area contributed by atoms with Gasteiger partial charge in [0.25, 0.3) is 0 Å². The lowest BCUT2D eigenvalue weighted by molar-refractivity contribution is -0.153. The van der Waals surface area contributed by atoms with Crippen LogP contribution in [-0.2, 0) is 22.4 Å². The molecule has 1 aliphatic carbocycles. The van der Waals surface area contributed by atoms with Crippen LogP contribution >= 0.6 is 0 Å². The number of ether oxygens (including phenoxy) is 2. The van der Waals surface area contributed by atoms with Gasteiger partial charge in [-0.05, 0) is 49.8 Å². The van der Waals surface area contributed by atoms with Gasteiger partial charge in [-0.15, -0.1) is 0 Å². The number of aliphatic hydroxyl groups excluding tert-OH is 1. The fraction of sp³-hybridized carbons (Fsp3) is 0.533. The number of carbonyl (C=O) groups excluding carboxylic acids is 1. The molecule has 1 atom stereocenters. The van der Waals surface area contributed by atoms with Crippen LogP contribution in [0.1, 0.15) is 42.6 Å². The maximum absolute atomic E-state index is 11.8. The number of methoxy groups -OCH3 is 1. The topological polar surface area (TPSA) is 55.8 Å². The second-order valence-electron chi connectivity index (χ2n) is 4.68. The van der Waals surface area contributed by atoms with E-state index in [9.17, 15) is 9.90 Å². The van der Waals surface area contributed by atoms with Gasteiger partial charge in [-0.2, -0.15) is 0 Å². The zero-order valence-electron chi connectivity index (χ0n) is 11.4. The van der Waals surface area contributed by atoms with E-state index in [0.29, 0.717) is 11.3 Å². The molecule has 0 saturated heterocycles. The van der Waals surface area contributed by atoms with Gasteiger partial charge in [0.2, 0.25) is 0 Å². The Morgan fingerprint density at radius 3 is 2.79 bits per heavy atom. The first-order valence-electron chi connectivity index (χ1n) is 6.72. The van der Waals surface area contributed by atoms with Gasteiger partial charge < -0.3 is 14.6 Å². The maximum Gasteiger partial charge on any atom is 0.339 e. The molecule has 0 fully saturated rings. The van der Waals surface area contributed by atoms with Crippen LogP contribution in [0.2, 0.25) is 0 Å². The third-order valence-corrected chi connectivity index (χ3v) is 3.54. The SMILES string of the molecule is CCOC(=O)C(O)c1c(OC)ccc2c1CCCC2. The van der Waals surface area contributed by atoms with Gasteiger partial charge in [0.15, 0.2) is 6.10 Å². The number of hydrogen-bond acceptors (Lipinski definition) is 4. The zero-order valence-corrected chi connectivity index (χ0v) is 11.4. The summed E-state index contributed by atoms with van der Waals surface area (Å²) in [6, 6.07) is 3.84. The van der Waals surface area contributed by atoms with E-state index in [4.69, 9.17) is 9.47 Å². The van der Waals surface area contributed by atoms with Crippen LogP contribution in [0.4, 0.5) is 0 Å². The molecule has 4 nitrogen and oxygen atoms in total. The van der Waals surface area contributed by atoms with E-state index in [0.717, 1.165) is 31.2 Å². The van der Waals surface area contributed by atoms with Crippen LogP contribution in [0.5, 0.6) is 5.75 Å². The smallest absolute Gasteiger partial charge is 0.339 e. The number of aliphatic hydroxyl groups is 1. The Labute approximate surface area is 113 Å². The Morgan fingerprint density at radius 1 is 1.37 bits per heavy atom. The molecule has 0 aromatic heterocycles. The minimum Gasteiger partial charge on any atom is -0.496 e.